The van der Waals surface area contributed by atoms with Gasteiger partial charge in [-0.25, -0.2) is 9.13 Å². The lowest BCUT2D eigenvalue weighted by molar-refractivity contribution is -0.161. The minimum atomic E-state index is -4.95. The van der Waals surface area contributed by atoms with Gasteiger partial charge < -0.3 is 34.2 Å². The van der Waals surface area contributed by atoms with E-state index in [0.717, 1.165) is 148 Å². The fourth-order valence-electron chi connectivity index (χ4n) is 7.93. The van der Waals surface area contributed by atoms with Crippen molar-refractivity contribution in [3.8, 4) is 0 Å². The van der Waals surface area contributed by atoms with Crippen LogP contribution in [0.25, 0.3) is 0 Å². The summed E-state index contributed by atoms with van der Waals surface area (Å²) < 4.78 is 60.8. The topological polar surface area (TPSA) is 231 Å². The Morgan fingerprint density at radius 1 is 0.308 bits per heavy atom. The van der Waals surface area contributed by atoms with Crippen LogP contribution in [-0.2, 0) is 55.8 Å². The van der Waals surface area contributed by atoms with E-state index >= 15 is 0 Å². The van der Waals surface area contributed by atoms with Crippen molar-refractivity contribution in [3.05, 3.63) is 170 Å². The summed E-state index contributed by atoms with van der Waals surface area (Å²) in [4.78, 5) is 58.3. The van der Waals surface area contributed by atoms with Gasteiger partial charge in [-0.05, 0) is 135 Å². The molecule has 0 bridgehead atoms. The van der Waals surface area contributed by atoms with E-state index in [2.05, 4.69) is 173 Å². The number of allylic oxidation sites excluding steroid dienone is 28. The molecule has 18 heteroatoms. The Kier molecular flexibility index (Phi) is 61.4. The van der Waals surface area contributed by atoms with Crippen LogP contribution in [0.1, 0.15) is 213 Å². The fourth-order valence-corrected chi connectivity index (χ4v) is 9.51. The van der Waals surface area contributed by atoms with E-state index in [0.29, 0.717) is 25.7 Å². The highest BCUT2D eigenvalue weighted by Gasteiger charge is 2.29. The number of unbranched alkanes of at least 4 members (excludes halogenated alkanes) is 10. The second kappa shape index (κ2) is 65.0. The standard InChI is InChI=1S/C73H116O16P2/c1-4-7-10-13-16-19-22-25-28-31-33-36-38-41-44-47-50-53-56-59-71(76)83-62-68(74)63-85-90(79,80)86-64-69(75)65-87-91(81,82)88-67-70(89-73(78)61-58-55-52-49-46-43-40-35-30-27-24-21-18-15-12-9-6-3)66-84-72(77)60-57-54-51-48-45-42-39-37-34-32-29-26-23-20-17-14-11-8-5-2/h7-12,16-21,25-30,33-34,36-37,41-42,44-45,50,53,68-70,74-75H,4-6,13-15,22-24,31-32,35,38-40,43,46-49,51-52,54-67H2,1-3H3,(H,79,80)(H,81,82)/b10-7-,11-8-,12-9-,19-16-,20-17-,21-18-,28-25-,29-26-,30-27-,36-33-,37-34-,44-41-,45-42-,53-50-. The second-order valence-corrected chi connectivity index (χ2v) is 24.4. The SMILES string of the molecule is CC/C=C\C/C=C\C/C=C\C/C=C\C/C=C\C/C=C\CCC(=O)OCC(O)COP(=O)(O)OCC(O)COP(=O)(O)OCC(COC(=O)CCCCC/C=C\C/C=C\C/C=C\C/C=C\C/C=C\CC)OC(=O)CCCCCCCCC/C=C\C/C=C\C/C=C\CC. The largest absolute Gasteiger partial charge is 0.472 e. The average Bonchev–Trinajstić information content (AvgIpc) is 3.02. The number of esters is 3. The number of hydrogen-bond acceptors (Lipinski definition) is 14. The van der Waals surface area contributed by atoms with Gasteiger partial charge in [0.25, 0.3) is 0 Å². The van der Waals surface area contributed by atoms with Gasteiger partial charge in [0.1, 0.15) is 25.4 Å². The van der Waals surface area contributed by atoms with Crippen LogP contribution in [0.15, 0.2) is 170 Å². The quantitative estimate of drug-likeness (QED) is 0.0146. The van der Waals surface area contributed by atoms with Crippen LogP contribution < -0.4 is 0 Å². The molecule has 0 rings (SSSR count). The van der Waals surface area contributed by atoms with Gasteiger partial charge in [0, 0.05) is 19.3 Å². The summed E-state index contributed by atoms with van der Waals surface area (Å²) in [6, 6.07) is 0. The molecular formula is C73H116O16P2. The highest BCUT2D eigenvalue weighted by molar-refractivity contribution is 7.47. The van der Waals surface area contributed by atoms with Crippen molar-refractivity contribution in [2.45, 2.75) is 232 Å². The molecule has 0 aliphatic heterocycles. The molecule has 0 aliphatic rings. The zero-order chi connectivity index (χ0) is 66.7. The summed E-state index contributed by atoms with van der Waals surface area (Å²) >= 11 is 0. The van der Waals surface area contributed by atoms with Crippen LogP contribution in [0.4, 0.5) is 0 Å². The third kappa shape index (κ3) is 66.2. The van der Waals surface area contributed by atoms with E-state index in [4.69, 9.17) is 32.3 Å². The van der Waals surface area contributed by atoms with Crippen molar-refractivity contribution < 1.29 is 75.8 Å². The molecule has 0 saturated heterocycles. The number of aliphatic hydroxyl groups excluding tert-OH is 2. The van der Waals surface area contributed by atoms with E-state index in [9.17, 15) is 43.5 Å². The maximum atomic E-state index is 12.9. The molecule has 0 heterocycles. The van der Waals surface area contributed by atoms with Gasteiger partial charge in [-0.15, -0.1) is 0 Å². The van der Waals surface area contributed by atoms with Gasteiger partial charge in [-0.2, -0.15) is 0 Å². The van der Waals surface area contributed by atoms with Gasteiger partial charge in [-0.3, -0.25) is 32.5 Å². The summed E-state index contributed by atoms with van der Waals surface area (Å²) in [5.41, 5.74) is 0. The number of phosphoric acid groups is 2. The minimum absolute atomic E-state index is 0.0536. The van der Waals surface area contributed by atoms with Crippen LogP contribution in [0, 0.1) is 0 Å². The Hall–Kier alpha value is -5.09. The van der Waals surface area contributed by atoms with Gasteiger partial charge in [0.2, 0.25) is 0 Å². The van der Waals surface area contributed by atoms with E-state index in [-0.39, 0.29) is 19.3 Å². The third-order valence-electron chi connectivity index (χ3n) is 12.9. The Bertz CT molecular complexity index is 2340. The zero-order valence-corrected chi connectivity index (χ0v) is 57.2. The van der Waals surface area contributed by atoms with Crippen molar-refractivity contribution in [1.82, 2.24) is 0 Å². The number of carbonyl (C=O) groups excluding carboxylic acids is 3. The molecule has 0 aromatic carbocycles. The van der Waals surface area contributed by atoms with Crippen molar-refractivity contribution >= 4 is 33.6 Å². The van der Waals surface area contributed by atoms with Crippen molar-refractivity contribution in [1.29, 1.82) is 0 Å². The smallest absolute Gasteiger partial charge is 0.463 e. The summed E-state index contributed by atoms with van der Waals surface area (Å²) in [5, 5.41) is 20.5. The first kappa shape index (κ1) is 85.9. The van der Waals surface area contributed by atoms with Crippen LogP contribution in [0.3, 0.4) is 0 Å². The first-order valence-electron chi connectivity index (χ1n) is 33.4. The predicted molar refractivity (Wildman–Crippen MR) is 371 cm³/mol. The molecule has 0 aliphatic carbocycles. The monoisotopic (exact) mass is 1310 g/mol. The summed E-state index contributed by atoms with van der Waals surface area (Å²) in [5.74, 6) is -1.72. The molecule has 4 N–H and O–H groups in total. The molecular weight excluding hydrogens is 1190 g/mol. The molecule has 91 heavy (non-hydrogen) atoms. The van der Waals surface area contributed by atoms with Gasteiger partial charge >= 0.3 is 33.6 Å². The molecule has 0 aromatic heterocycles. The van der Waals surface area contributed by atoms with E-state index in [1.165, 1.54) is 0 Å². The summed E-state index contributed by atoms with van der Waals surface area (Å²) in [6.07, 6.45) is 79.9. The maximum absolute atomic E-state index is 12.9. The lowest BCUT2D eigenvalue weighted by Gasteiger charge is -2.21. The molecule has 5 unspecified atom stereocenters. The molecule has 16 nitrogen and oxygen atoms in total. The van der Waals surface area contributed by atoms with Gasteiger partial charge in [0.15, 0.2) is 6.10 Å². The number of hydrogen-bond donors (Lipinski definition) is 4. The summed E-state index contributed by atoms with van der Waals surface area (Å²) in [7, 11) is -9.83. The van der Waals surface area contributed by atoms with E-state index in [1.807, 2.05) is 18.2 Å². The van der Waals surface area contributed by atoms with Gasteiger partial charge in [-0.1, -0.05) is 229 Å². The van der Waals surface area contributed by atoms with E-state index in [1.54, 1.807) is 0 Å². The zero-order valence-electron chi connectivity index (χ0n) is 55.4. The molecule has 0 amide bonds. The van der Waals surface area contributed by atoms with Crippen LogP contribution >= 0.6 is 15.6 Å². The molecule has 0 fully saturated rings. The number of phosphoric ester groups is 2. The lowest BCUT2D eigenvalue weighted by atomic mass is 10.1. The number of rotatable bonds is 61. The van der Waals surface area contributed by atoms with Crippen molar-refractivity contribution in [2.24, 2.45) is 0 Å². The molecule has 5 atom stereocenters. The highest BCUT2D eigenvalue weighted by atomic mass is 31.2. The van der Waals surface area contributed by atoms with Crippen molar-refractivity contribution in [2.75, 3.05) is 39.6 Å². The molecule has 0 spiro atoms. The Balaban J connectivity index is 4.84. The summed E-state index contributed by atoms with van der Waals surface area (Å²) in [6.45, 7) is 2.15. The van der Waals surface area contributed by atoms with Crippen LogP contribution in [0.5, 0.6) is 0 Å². The normalized spacial score (nSPS) is 15.3. The Labute approximate surface area is 548 Å². The lowest BCUT2D eigenvalue weighted by Crippen LogP contribution is -2.30. The highest BCUT2D eigenvalue weighted by Crippen LogP contribution is 2.45. The minimum Gasteiger partial charge on any atom is -0.463 e. The number of aliphatic hydroxyl groups is 2. The number of carbonyl (C=O) groups is 3. The maximum Gasteiger partial charge on any atom is 0.472 e. The Morgan fingerprint density at radius 3 is 0.945 bits per heavy atom. The van der Waals surface area contributed by atoms with Crippen LogP contribution in [-0.4, -0.2) is 95.9 Å². The molecule has 0 aromatic rings. The molecule has 514 valence electrons. The Morgan fingerprint density at radius 2 is 0.571 bits per heavy atom. The van der Waals surface area contributed by atoms with E-state index < -0.39 is 91.5 Å². The van der Waals surface area contributed by atoms with Gasteiger partial charge in [0.05, 0.1) is 26.4 Å². The first-order chi connectivity index (χ1) is 44.2. The fraction of sp³-hybridized carbons (Fsp3) is 0.575. The third-order valence-corrected chi connectivity index (χ3v) is 14.8. The molecule has 0 radical (unpaired) electrons. The first-order valence-corrected chi connectivity index (χ1v) is 36.4. The van der Waals surface area contributed by atoms with Crippen LogP contribution in [0.2, 0.25) is 0 Å². The average molecular weight is 1310 g/mol. The van der Waals surface area contributed by atoms with Crippen molar-refractivity contribution in [3.63, 3.8) is 0 Å². The predicted octanol–water partition coefficient (Wildman–Crippen LogP) is 18.5. The number of ether oxygens (including phenoxy) is 3. The molecule has 0 saturated carbocycles. The second-order valence-electron chi connectivity index (χ2n) is 21.5.